The van der Waals surface area contributed by atoms with Gasteiger partial charge in [-0.15, -0.1) is 11.5 Å². The maximum absolute atomic E-state index is 10.6. The normalized spacial score (nSPS) is 8.67. The van der Waals surface area contributed by atoms with Crippen molar-refractivity contribution in [3.8, 4) is 0 Å². The zero-order valence-electron chi connectivity index (χ0n) is 6.78. The van der Waals surface area contributed by atoms with Crippen LogP contribution in [0.15, 0.2) is 39.5 Å². The molecule has 12 heavy (non-hydrogen) atoms. The molecule has 3 heteroatoms. The van der Waals surface area contributed by atoms with Gasteiger partial charge in [0.2, 0.25) is 0 Å². The van der Waals surface area contributed by atoms with E-state index in [2.05, 4.69) is 0 Å². The molecule has 0 saturated carbocycles. The summed E-state index contributed by atoms with van der Waals surface area (Å²) in [7, 11) is 0. The van der Waals surface area contributed by atoms with Crippen molar-refractivity contribution in [3.63, 3.8) is 0 Å². The Labute approximate surface area is 95.8 Å². The van der Waals surface area contributed by atoms with Gasteiger partial charge in [-0.05, 0) is 0 Å². The van der Waals surface area contributed by atoms with Gasteiger partial charge in [0.15, 0.2) is 0 Å². The predicted molar refractivity (Wildman–Crippen MR) is 44.5 cm³/mol. The van der Waals surface area contributed by atoms with Crippen molar-refractivity contribution in [3.05, 3.63) is 48.2 Å². The topological polar surface area (TPSA) is 30.2 Å². The molecule has 0 unspecified atom stereocenters. The summed E-state index contributed by atoms with van der Waals surface area (Å²) in [6, 6.07) is 8.81. The Morgan fingerprint density at radius 2 is 1.92 bits per heavy atom. The number of hydrogen-bond donors (Lipinski definition) is 0. The Balaban J connectivity index is 0.000000605. The van der Waals surface area contributed by atoms with Crippen LogP contribution < -0.4 is 5.63 Å². The molecular weight excluding hydrogens is 229 g/mol. The van der Waals surface area contributed by atoms with E-state index in [1.165, 1.54) is 6.07 Å². The second-order valence-corrected chi connectivity index (χ2v) is 2.10. The third kappa shape index (κ3) is 2.08. The minimum absolute atomic E-state index is 0. The third-order valence-corrected chi connectivity index (χ3v) is 1.40. The van der Waals surface area contributed by atoms with Crippen LogP contribution in [0.2, 0.25) is 0 Å². The maximum Gasteiger partial charge on any atom is 0.268 e. The second-order valence-electron chi connectivity index (χ2n) is 2.10. The van der Waals surface area contributed by atoms with Gasteiger partial charge in [-0.3, -0.25) is 4.79 Å². The van der Waals surface area contributed by atoms with Gasteiger partial charge in [0.25, 0.3) is 5.63 Å². The number of rotatable bonds is 0. The smallest absolute Gasteiger partial charge is 0.268 e. The van der Waals surface area contributed by atoms with Gasteiger partial charge in [-0.1, -0.05) is 18.2 Å². The van der Waals surface area contributed by atoms with Crippen LogP contribution in [0.5, 0.6) is 0 Å². The molecule has 1 heterocycles. The maximum atomic E-state index is 10.6. The SMILES string of the molecule is O=c1[cH-]c2ccccc2o1.[CH3-].[Y]. The fraction of sp³-hybridized carbons (Fsp3) is 0. The van der Waals surface area contributed by atoms with E-state index in [0.29, 0.717) is 5.58 Å². The van der Waals surface area contributed by atoms with Crippen molar-refractivity contribution < 1.29 is 37.1 Å². The van der Waals surface area contributed by atoms with Crippen molar-refractivity contribution in [2.75, 3.05) is 0 Å². The molecule has 0 bridgehead atoms. The first-order chi connectivity index (χ1) is 4.86. The molecule has 2 aromatic rings. The molecule has 61 valence electrons. The molecule has 0 aliphatic rings. The molecule has 0 aliphatic carbocycles. The second kappa shape index (κ2) is 4.63. The Morgan fingerprint density at radius 3 is 2.58 bits per heavy atom. The van der Waals surface area contributed by atoms with Crippen LogP contribution in [0.25, 0.3) is 11.0 Å². The summed E-state index contributed by atoms with van der Waals surface area (Å²) in [5.41, 5.74) is 0.383. The van der Waals surface area contributed by atoms with Gasteiger partial charge in [0.1, 0.15) is 0 Å². The first kappa shape index (κ1) is 11.7. The standard InChI is InChI=1S/C8H5O2.CH3.Y/c9-8-5-6-3-1-2-4-7(6)10-8;;/h1-5H;1H3;/q2*-1;. The van der Waals surface area contributed by atoms with Crippen molar-refractivity contribution in [1.29, 1.82) is 0 Å². The zero-order valence-corrected chi connectivity index (χ0v) is 9.62. The summed E-state index contributed by atoms with van der Waals surface area (Å²) in [6.07, 6.45) is 0. The fourth-order valence-electron chi connectivity index (χ4n) is 0.958. The molecule has 0 aliphatic heterocycles. The van der Waals surface area contributed by atoms with Gasteiger partial charge >= 0.3 is 0 Å². The van der Waals surface area contributed by atoms with Crippen LogP contribution >= 0.6 is 0 Å². The molecule has 0 atom stereocenters. The largest absolute Gasteiger partial charge is 0.496 e. The van der Waals surface area contributed by atoms with E-state index in [-0.39, 0.29) is 45.8 Å². The van der Waals surface area contributed by atoms with E-state index in [4.69, 9.17) is 4.42 Å². The van der Waals surface area contributed by atoms with Gasteiger partial charge < -0.3 is 11.8 Å². The zero-order chi connectivity index (χ0) is 6.97. The van der Waals surface area contributed by atoms with Crippen LogP contribution in [0.4, 0.5) is 0 Å². The summed E-state index contributed by atoms with van der Waals surface area (Å²) in [4.78, 5) is 10.6. The molecule has 1 aromatic carbocycles. The van der Waals surface area contributed by atoms with E-state index >= 15 is 0 Å². The first-order valence-electron chi connectivity index (χ1n) is 3.02. The van der Waals surface area contributed by atoms with Gasteiger partial charge in [0, 0.05) is 38.3 Å². The van der Waals surface area contributed by atoms with E-state index in [1.807, 2.05) is 18.2 Å². The Bertz CT molecular complexity index is 364. The summed E-state index contributed by atoms with van der Waals surface area (Å²) < 4.78 is 4.81. The first-order valence-corrected chi connectivity index (χ1v) is 3.02. The number of fused-ring (bicyclic) bond motifs is 1. The molecule has 0 saturated heterocycles. The van der Waals surface area contributed by atoms with Crippen LogP contribution in [0, 0.1) is 7.43 Å². The predicted octanol–water partition coefficient (Wildman–Crippen LogP) is 1.96. The number of para-hydroxylation sites is 1. The van der Waals surface area contributed by atoms with Gasteiger partial charge in [-0.25, -0.2) is 0 Å². The molecule has 2 rings (SSSR count). The minimum Gasteiger partial charge on any atom is -0.496 e. The Hall–Kier alpha value is -0.336. The average molecular weight is 237 g/mol. The number of hydrogen-bond acceptors (Lipinski definition) is 2. The molecule has 0 amide bonds. The molecule has 0 fully saturated rings. The van der Waals surface area contributed by atoms with E-state index < -0.39 is 0 Å². The van der Waals surface area contributed by atoms with Crippen LogP contribution in [-0.2, 0) is 32.7 Å². The quantitative estimate of drug-likeness (QED) is 0.655. The number of benzene rings is 1. The van der Waals surface area contributed by atoms with E-state index in [9.17, 15) is 4.79 Å². The van der Waals surface area contributed by atoms with Gasteiger partial charge in [0.05, 0.1) is 0 Å². The number of furan rings is 1. The summed E-state index contributed by atoms with van der Waals surface area (Å²) in [5, 5.41) is 0.868. The fourth-order valence-corrected chi connectivity index (χ4v) is 0.958. The Kier molecular flexibility index (Phi) is 4.50. The Morgan fingerprint density at radius 1 is 1.25 bits per heavy atom. The molecule has 0 N–H and O–H groups in total. The minimum atomic E-state index is -0.277. The molecule has 0 spiro atoms. The van der Waals surface area contributed by atoms with Gasteiger partial charge in [-0.2, -0.15) is 6.07 Å². The summed E-state index contributed by atoms with van der Waals surface area (Å²) in [5.74, 6) is 0. The van der Waals surface area contributed by atoms with Crippen LogP contribution in [-0.4, -0.2) is 0 Å². The van der Waals surface area contributed by atoms with Crippen molar-refractivity contribution >= 4 is 11.0 Å². The third-order valence-electron chi connectivity index (χ3n) is 1.40. The van der Waals surface area contributed by atoms with Crippen molar-refractivity contribution in [1.82, 2.24) is 0 Å². The monoisotopic (exact) mass is 237 g/mol. The van der Waals surface area contributed by atoms with Crippen molar-refractivity contribution in [2.24, 2.45) is 0 Å². The van der Waals surface area contributed by atoms with E-state index in [0.717, 1.165) is 5.39 Å². The molecule has 2 nitrogen and oxygen atoms in total. The summed E-state index contributed by atoms with van der Waals surface area (Å²) in [6.45, 7) is 0. The van der Waals surface area contributed by atoms with Crippen LogP contribution in [0.3, 0.4) is 0 Å². The average Bonchev–Trinajstić information content (AvgIpc) is 2.27. The molecule has 1 radical (unpaired) electrons. The van der Waals surface area contributed by atoms with E-state index in [1.54, 1.807) is 6.07 Å². The molecule has 1 aromatic heterocycles. The van der Waals surface area contributed by atoms with Crippen molar-refractivity contribution in [2.45, 2.75) is 0 Å². The van der Waals surface area contributed by atoms with Crippen LogP contribution in [0.1, 0.15) is 0 Å². The molecular formula is C9H8O2Y-2. The summed E-state index contributed by atoms with van der Waals surface area (Å²) >= 11 is 0.